The van der Waals surface area contributed by atoms with Crippen molar-refractivity contribution in [2.75, 3.05) is 0 Å². The molecule has 8 aromatic carbocycles. The molecule has 0 bridgehead atoms. The summed E-state index contributed by atoms with van der Waals surface area (Å²) in [4.78, 5) is 6.35. The van der Waals surface area contributed by atoms with Gasteiger partial charge in [0.1, 0.15) is 0 Å². The fourth-order valence-corrected chi connectivity index (χ4v) is 9.13. The summed E-state index contributed by atoms with van der Waals surface area (Å²) in [5, 5.41) is 2.50. The van der Waals surface area contributed by atoms with Gasteiger partial charge in [-0.3, -0.25) is 4.40 Å². The Hall–Kier alpha value is -7.01. The van der Waals surface area contributed by atoms with Crippen LogP contribution in [0.15, 0.2) is 200 Å². The van der Waals surface area contributed by atoms with Gasteiger partial charge in [-0.2, -0.15) is 0 Å². The highest BCUT2D eigenvalue weighted by molar-refractivity contribution is 7.23. The maximum atomic E-state index is 5.37. The van der Waals surface area contributed by atoms with Gasteiger partial charge in [0.05, 0.1) is 32.6 Å². The zero-order chi connectivity index (χ0) is 36.3. The van der Waals surface area contributed by atoms with Gasteiger partial charge in [-0.15, -0.1) is 0 Å². The molecule has 4 heteroatoms. The van der Waals surface area contributed by atoms with E-state index in [1.54, 1.807) is 11.3 Å². The van der Waals surface area contributed by atoms with E-state index in [0.717, 1.165) is 33.0 Å². The molecular weight excluding hydrogens is 687 g/mol. The minimum absolute atomic E-state index is 0.984. The van der Waals surface area contributed by atoms with E-state index in [1.807, 2.05) is 0 Å². The van der Waals surface area contributed by atoms with Crippen LogP contribution in [0, 0.1) is 0 Å². The Balaban J connectivity index is 1.08. The van der Waals surface area contributed by atoms with Crippen LogP contribution in [0.4, 0.5) is 0 Å². The maximum Gasteiger partial charge on any atom is 0.195 e. The predicted molar refractivity (Wildman–Crippen MR) is 232 cm³/mol. The fourth-order valence-electron chi connectivity index (χ4n) is 8.13. The molecular formula is C51H33N3S. The molecule has 0 aliphatic carbocycles. The number of aromatic nitrogens is 3. The molecule has 0 atom stereocenters. The predicted octanol–water partition coefficient (Wildman–Crippen LogP) is 14.0. The molecule has 0 fully saturated rings. The average Bonchev–Trinajstić information content (AvgIpc) is 3.92. The fraction of sp³-hybridized carbons (Fsp3) is 0. The summed E-state index contributed by atoms with van der Waals surface area (Å²) < 4.78 is 5.96. The second kappa shape index (κ2) is 12.8. The Labute approximate surface area is 322 Å². The molecule has 0 saturated carbocycles. The van der Waals surface area contributed by atoms with Crippen molar-refractivity contribution in [2.45, 2.75) is 0 Å². The van der Waals surface area contributed by atoms with E-state index < -0.39 is 0 Å². The Morgan fingerprint density at radius 1 is 0.364 bits per heavy atom. The highest BCUT2D eigenvalue weighted by Crippen LogP contribution is 2.41. The van der Waals surface area contributed by atoms with Crippen molar-refractivity contribution in [1.82, 2.24) is 14.0 Å². The molecule has 0 saturated heterocycles. The highest BCUT2D eigenvalue weighted by atomic mass is 32.1. The van der Waals surface area contributed by atoms with Gasteiger partial charge >= 0.3 is 0 Å². The van der Waals surface area contributed by atoms with Crippen molar-refractivity contribution in [1.29, 1.82) is 0 Å². The largest absolute Gasteiger partial charge is 0.309 e. The summed E-state index contributed by atoms with van der Waals surface area (Å²) in [7, 11) is 0. The minimum Gasteiger partial charge on any atom is -0.309 e. The normalized spacial score (nSPS) is 11.6. The van der Waals surface area contributed by atoms with Gasteiger partial charge in [0.2, 0.25) is 0 Å². The summed E-state index contributed by atoms with van der Waals surface area (Å²) in [6, 6.07) is 72.1. The summed E-state index contributed by atoms with van der Waals surface area (Å²) in [6.45, 7) is 0. The van der Waals surface area contributed by atoms with Crippen LogP contribution in [0.1, 0.15) is 0 Å². The second-order valence-corrected chi connectivity index (χ2v) is 15.0. The van der Waals surface area contributed by atoms with Crippen molar-refractivity contribution < 1.29 is 0 Å². The van der Waals surface area contributed by atoms with Crippen LogP contribution in [0.2, 0.25) is 0 Å². The molecule has 0 unspecified atom stereocenters. The number of thiazole rings is 1. The lowest BCUT2D eigenvalue weighted by Gasteiger charge is -2.10. The molecule has 0 aliphatic rings. The molecule has 0 radical (unpaired) electrons. The topological polar surface area (TPSA) is 22.2 Å². The summed E-state index contributed by atoms with van der Waals surface area (Å²) >= 11 is 1.74. The lowest BCUT2D eigenvalue weighted by atomic mass is 9.99. The van der Waals surface area contributed by atoms with Crippen LogP contribution in [-0.2, 0) is 0 Å². The highest BCUT2D eigenvalue weighted by Gasteiger charge is 2.21. The molecule has 0 amide bonds. The Bertz CT molecular complexity index is 3150. The monoisotopic (exact) mass is 719 g/mol. The zero-order valence-corrected chi connectivity index (χ0v) is 30.6. The third kappa shape index (κ3) is 5.30. The van der Waals surface area contributed by atoms with Crippen molar-refractivity contribution in [3.05, 3.63) is 200 Å². The van der Waals surface area contributed by atoms with Gasteiger partial charge in [0.15, 0.2) is 4.96 Å². The van der Waals surface area contributed by atoms with Gasteiger partial charge in [0, 0.05) is 27.6 Å². The van der Waals surface area contributed by atoms with Gasteiger partial charge < -0.3 is 4.57 Å². The van der Waals surface area contributed by atoms with Gasteiger partial charge in [0.25, 0.3) is 0 Å². The van der Waals surface area contributed by atoms with E-state index >= 15 is 0 Å². The summed E-state index contributed by atoms with van der Waals surface area (Å²) in [5.41, 5.74) is 16.2. The molecule has 11 rings (SSSR count). The molecule has 0 aliphatic heterocycles. The quantitative estimate of drug-likeness (QED) is 0.168. The third-order valence-electron chi connectivity index (χ3n) is 10.8. The smallest absolute Gasteiger partial charge is 0.195 e. The van der Waals surface area contributed by atoms with E-state index in [0.29, 0.717) is 0 Å². The maximum absolute atomic E-state index is 5.37. The van der Waals surface area contributed by atoms with Crippen molar-refractivity contribution >= 4 is 48.3 Å². The molecule has 3 nitrogen and oxygen atoms in total. The number of hydrogen-bond acceptors (Lipinski definition) is 2. The van der Waals surface area contributed by atoms with Gasteiger partial charge in [-0.05, 0) is 75.8 Å². The zero-order valence-electron chi connectivity index (χ0n) is 29.8. The molecule has 3 heterocycles. The lowest BCUT2D eigenvalue weighted by molar-refractivity contribution is 1.18. The molecule has 55 heavy (non-hydrogen) atoms. The number of para-hydroxylation sites is 2. The minimum atomic E-state index is 0.984. The molecule has 11 aromatic rings. The molecule has 0 spiro atoms. The number of nitrogens with zero attached hydrogens (tertiary/aromatic N) is 3. The van der Waals surface area contributed by atoms with Crippen LogP contribution in [0.25, 0.3) is 98.6 Å². The Morgan fingerprint density at radius 2 is 0.873 bits per heavy atom. The van der Waals surface area contributed by atoms with E-state index in [9.17, 15) is 0 Å². The number of benzene rings is 8. The first-order valence-corrected chi connectivity index (χ1v) is 19.4. The molecule has 3 aromatic heterocycles. The van der Waals surface area contributed by atoms with Crippen LogP contribution in [0.3, 0.4) is 0 Å². The second-order valence-electron chi connectivity index (χ2n) is 14.0. The molecule has 258 valence electrons. The van der Waals surface area contributed by atoms with Crippen LogP contribution in [-0.4, -0.2) is 14.0 Å². The number of imidazole rings is 1. The van der Waals surface area contributed by atoms with Crippen molar-refractivity contribution in [2.24, 2.45) is 0 Å². The summed E-state index contributed by atoms with van der Waals surface area (Å²) in [6.07, 6.45) is 0. The van der Waals surface area contributed by atoms with Crippen molar-refractivity contribution in [3.8, 4) is 61.6 Å². The van der Waals surface area contributed by atoms with E-state index in [4.69, 9.17) is 4.98 Å². The molecule has 0 N–H and O–H groups in total. The standard InChI is InChI=1S/C51H33N3S/c1-4-12-34(13-5-1)36-20-24-38(25-21-36)49-50(39-26-22-37(23-27-39)35-14-6-2-7-15-35)54-47-33-41(29-31-48(47)55-51(54)52-49)40-28-30-46-44(32-40)43-18-10-11-19-45(43)53(46)42-16-8-3-9-17-42/h1-33H. The van der Waals surface area contributed by atoms with Gasteiger partial charge in [-0.1, -0.05) is 169 Å². The number of hydrogen-bond donors (Lipinski definition) is 0. The van der Waals surface area contributed by atoms with Gasteiger partial charge in [-0.25, -0.2) is 4.98 Å². The number of rotatable bonds is 6. The number of fused-ring (bicyclic) bond motifs is 6. The summed E-state index contributed by atoms with van der Waals surface area (Å²) in [5.74, 6) is 0. The first kappa shape index (κ1) is 31.5. The van der Waals surface area contributed by atoms with Crippen LogP contribution >= 0.6 is 11.3 Å². The first-order valence-electron chi connectivity index (χ1n) is 18.6. The SMILES string of the molecule is c1ccc(-c2ccc(-c3nc4sc5ccc(-c6ccc7c(c6)c6ccccc6n7-c6ccccc6)cc5n4c3-c3ccc(-c4ccccc4)cc3)cc2)cc1. The Morgan fingerprint density at radius 3 is 1.56 bits per heavy atom. The van der Waals surface area contributed by atoms with E-state index in [2.05, 4.69) is 209 Å². The van der Waals surface area contributed by atoms with E-state index in [-0.39, 0.29) is 0 Å². The lowest BCUT2D eigenvalue weighted by Crippen LogP contribution is -1.92. The average molecular weight is 720 g/mol. The third-order valence-corrected chi connectivity index (χ3v) is 11.8. The van der Waals surface area contributed by atoms with Crippen LogP contribution in [0.5, 0.6) is 0 Å². The van der Waals surface area contributed by atoms with Crippen LogP contribution < -0.4 is 0 Å². The Kier molecular flexibility index (Phi) is 7.35. The van der Waals surface area contributed by atoms with E-state index in [1.165, 1.54) is 65.6 Å². The first-order chi connectivity index (χ1) is 27.3. The van der Waals surface area contributed by atoms with Crippen molar-refractivity contribution in [3.63, 3.8) is 0 Å².